The Morgan fingerprint density at radius 1 is 0.714 bits per heavy atom. The Morgan fingerprint density at radius 3 is 1.93 bits per heavy atom. The summed E-state index contributed by atoms with van der Waals surface area (Å²) in [6.07, 6.45) is 10.1. The third-order valence-electron chi connectivity index (χ3n) is 3.54. The molecule has 82 valence electrons. The third kappa shape index (κ3) is 2.94. The van der Waals surface area contributed by atoms with Crippen LogP contribution < -0.4 is 0 Å². The summed E-state index contributed by atoms with van der Waals surface area (Å²) in [5.74, 6) is 0. The van der Waals surface area contributed by atoms with E-state index in [1.165, 1.54) is 32.1 Å². The minimum atomic E-state index is -0.554. The van der Waals surface area contributed by atoms with Gasteiger partial charge in [-0.3, -0.25) is 0 Å². The summed E-state index contributed by atoms with van der Waals surface area (Å²) in [4.78, 5) is 0. The molecule has 0 heterocycles. The Morgan fingerprint density at radius 2 is 1.29 bits per heavy atom. The predicted octanol–water partition coefficient (Wildman–Crippen LogP) is 3.62. The van der Waals surface area contributed by atoms with Crippen LogP contribution in [0.25, 0.3) is 0 Å². The Hall–Kier alpha value is -0.110. The lowest BCUT2D eigenvalue weighted by atomic mass is 9.94. The van der Waals surface area contributed by atoms with E-state index >= 15 is 0 Å². The summed E-state index contributed by atoms with van der Waals surface area (Å²) in [7, 11) is 0. The molecule has 2 aliphatic rings. The number of rotatable bonds is 2. The second-order valence-corrected chi connectivity index (χ2v) is 4.77. The molecule has 0 unspecified atom stereocenters. The first kappa shape index (κ1) is 10.4. The van der Waals surface area contributed by atoms with Gasteiger partial charge in [-0.15, -0.1) is 0 Å². The van der Waals surface area contributed by atoms with Crippen LogP contribution in [0.5, 0.6) is 0 Å². The van der Waals surface area contributed by atoms with E-state index in [4.69, 9.17) is 4.74 Å². The number of hydrogen-bond acceptors (Lipinski definition) is 1. The zero-order chi connectivity index (χ0) is 9.80. The molecule has 0 aliphatic heterocycles. The number of ether oxygens (including phenoxy) is 1. The normalized spacial score (nSPS) is 35.8. The molecule has 2 heteroatoms. The quantitative estimate of drug-likeness (QED) is 0.661. The van der Waals surface area contributed by atoms with E-state index in [-0.39, 0.29) is 0 Å². The van der Waals surface area contributed by atoms with Crippen molar-refractivity contribution in [1.82, 2.24) is 0 Å². The molecule has 1 nitrogen and oxygen atoms in total. The van der Waals surface area contributed by atoms with Gasteiger partial charge in [0.2, 0.25) is 0 Å². The average Bonchev–Trinajstić information content (AvgIpc) is 2.23. The summed E-state index contributed by atoms with van der Waals surface area (Å²) in [5.41, 5.74) is 0. The van der Waals surface area contributed by atoms with Gasteiger partial charge in [-0.05, 0) is 38.5 Å². The van der Waals surface area contributed by atoms with Crippen molar-refractivity contribution in [3.8, 4) is 0 Å². The lowest BCUT2D eigenvalue weighted by Gasteiger charge is -2.30. The van der Waals surface area contributed by atoms with Gasteiger partial charge in [0.05, 0.1) is 12.2 Å². The second-order valence-electron chi connectivity index (χ2n) is 4.77. The molecular weight excluding hydrogens is 179 g/mol. The van der Waals surface area contributed by atoms with Gasteiger partial charge in [0.25, 0.3) is 0 Å². The van der Waals surface area contributed by atoms with Crippen LogP contribution >= 0.6 is 0 Å². The second kappa shape index (κ2) is 5.11. The lowest BCUT2D eigenvalue weighted by Crippen LogP contribution is -2.28. The largest absolute Gasteiger partial charge is 0.375 e. The molecule has 14 heavy (non-hydrogen) atoms. The lowest BCUT2D eigenvalue weighted by molar-refractivity contribution is -0.0529. The monoisotopic (exact) mass is 200 g/mol. The van der Waals surface area contributed by atoms with Crippen LogP contribution in [-0.4, -0.2) is 18.4 Å². The highest BCUT2D eigenvalue weighted by Crippen LogP contribution is 2.28. The number of alkyl halides is 1. The first-order valence-corrected chi connectivity index (χ1v) is 6.14. The fourth-order valence-corrected chi connectivity index (χ4v) is 2.63. The van der Waals surface area contributed by atoms with Crippen molar-refractivity contribution in [2.45, 2.75) is 76.2 Å². The van der Waals surface area contributed by atoms with E-state index < -0.39 is 6.17 Å². The molecule has 2 rings (SSSR count). The maximum atomic E-state index is 12.9. The van der Waals surface area contributed by atoms with Gasteiger partial charge in [0.1, 0.15) is 6.17 Å². The molecule has 2 saturated carbocycles. The predicted molar refractivity (Wildman–Crippen MR) is 55.1 cm³/mol. The SMILES string of the molecule is FC1CCC(OC2CCCCC2)CC1. The first-order chi connectivity index (χ1) is 6.84. The zero-order valence-corrected chi connectivity index (χ0v) is 8.88. The number of hydrogen-bond donors (Lipinski definition) is 0. The molecule has 0 aromatic heterocycles. The molecule has 0 radical (unpaired) electrons. The van der Waals surface area contributed by atoms with Crippen molar-refractivity contribution in [2.24, 2.45) is 0 Å². The molecule has 0 aromatic rings. The zero-order valence-electron chi connectivity index (χ0n) is 8.88. The molecule has 0 aromatic carbocycles. The third-order valence-corrected chi connectivity index (χ3v) is 3.54. The Bertz CT molecular complexity index is 158. The molecular formula is C12H21FO. The van der Waals surface area contributed by atoms with Crippen molar-refractivity contribution in [3.05, 3.63) is 0 Å². The van der Waals surface area contributed by atoms with E-state index in [1.807, 2.05) is 0 Å². The van der Waals surface area contributed by atoms with E-state index in [0.717, 1.165) is 25.7 Å². The van der Waals surface area contributed by atoms with Crippen LogP contribution in [0.15, 0.2) is 0 Å². The van der Waals surface area contributed by atoms with Gasteiger partial charge in [-0.1, -0.05) is 19.3 Å². The smallest absolute Gasteiger partial charge is 0.100 e. The minimum Gasteiger partial charge on any atom is -0.375 e. The van der Waals surface area contributed by atoms with Crippen molar-refractivity contribution in [3.63, 3.8) is 0 Å². The highest BCUT2D eigenvalue weighted by molar-refractivity contribution is 4.74. The highest BCUT2D eigenvalue weighted by atomic mass is 19.1. The molecule has 2 fully saturated rings. The summed E-state index contributed by atoms with van der Waals surface area (Å²) in [5, 5.41) is 0. The van der Waals surface area contributed by atoms with Gasteiger partial charge in [-0.25, -0.2) is 4.39 Å². The van der Waals surface area contributed by atoms with Crippen molar-refractivity contribution in [1.29, 1.82) is 0 Å². The summed E-state index contributed by atoms with van der Waals surface area (Å²) in [6.45, 7) is 0. The Labute approximate surface area is 86.0 Å². The van der Waals surface area contributed by atoms with Crippen molar-refractivity contribution < 1.29 is 9.13 Å². The van der Waals surface area contributed by atoms with Crippen molar-refractivity contribution in [2.75, 3.05) is 0 Å². The van der Waals surface area contributed by atoms with E-state index in [0.29, 0.717) is 12.2 Å². The van der Waals surface area contributed by atoms with Crippen LogP contribution in [-0.2, 0) is 4.74 Å². The summed E-state index contributed by atoms with van der Waals surface area (Å²) >= 11 is 0. The van der Waals surface area contributed by atoms with Crippen LogP contribution in [0, 0.1) is 0 Å². The Balaban J connectivity index is 1.68. The fourth-order valence-electron chi connectivity index (χ4n) is 2.63. The van der Waals surface area contributed by atoms with E-state index in [1.54, 1.807) is 0 Å². The Kier molecular flexibility index (Phi) is 3.80. The van der Waals surface area contributed by atoms with Gasteiger partial charge >= 0.3 is 0 Å². The molecule has 0 spiro atoms. The van der Waals surface area contributed by atoms with Crippen LogP contribution in [0.3, 0.4) is 0 Å². The van der Waals surface area contributed by atoms with E-state index in [9.17, 15) is 4.39 Å². The molecule has 0 atom stereocenters. The average molecular weight is 200 g/mol. The molecule has 0 bridgehead atoms. The highest BCUT2D eigenvalue weighted by Gasteiger charge is 2.24. The standard InChI is InChI=1S/C12H21FO/c13-10-6-8-12(9-7-10)14-11-4-2-1-3-5-11/h10-12H,1-9H2. The van der Waals surface area contributed by atoms with Crippen molar-refractivity contribution >= 4 is 0 Å². The van der Waals surface area contributed by atoms with Gasteiger partial charge in [-0.2, -0.15) is 0 Å². The fraction of sp³-hybridized carbons (Fsp3) is 1.00. The van der Waals surface area contributed by atoms with Crippen LogP contribution in [0.4, 0.5) is 4.39 Å². The van der Waals surface area contributed by atoms with E-state index in [2.05, 4.69) is 0 Å². The molecule has 0 amide bonds. The van der Waals surface area contributed by atoms with Crippen LogP contribution in [0.2, 0.25) is 0 Å². The van der Waals surface area contributed by atoms with Gasteiger partial charge < -0.3 is 4.74 Å². The topological polar surface area (TPSA) is 9.23 Å². The number of halogens is 1. The molecule has 0 saturated heterocycles. The molecule has 2 aliphatic carbocycles. The van der Waals surface area contributed by atoms with Crippen LogP contribution in [0.1, 0.15) is 57.8 Å². The van der Waals surface area contributed by atoms with Gasteiger partial charge in [0, 0.05) is 0 Å². The van der Waals surface area contributed by atoms with Gasteiger partial charge in [0.15, 0.2) is 0 Å². The maximum absolute atomic E-state index is 12.9. The summed E-state index contributed by atoms with van der Waals surface area (Å²) < 4.78 is 18.9. The molecule has 0 N–H and O–H groups in total. The minimum absolute atomic E-state index is 0.366. The summed E-state index contributed by atoms with van der Waals surface area (Å²) in [6, 6.07) is 0. The first-order valence-electron chi connectivity index (χ1n) is 6.14. The maximum Gasteiger partial charge on any atom is 0.100 e.